The van der Waals surface area contributed by atoms with Crippen LogP contribution in [-0.2, 0) is 24.3 Å². The summed E-state index contributed by atoms with van der Waals surface area (Å²) in [7, 11) is -3.98. The SMILES string of the molecule is O=C(COC(=O)c1cc(S(=O)(=O)N2CCOCC2)ccc1F)NNC(=O)c1ccc(F)cc1. The van der Waals surface area contributed by atoms with Crippen LogP contribution in [0.5, 0.6) is 0 Å². The number of hydrazine groups is 1. The highest BCUT2D eigenvalue weighted by molar-refractivity contribution is 7.89. The zero-order valence-electron chi connectivity index (χ0n) is 17.0. The van der Waals surface area contributed by atoms with Gasteiger partial charge in [-0.1, -0.05) is 0 Å². The fourth-order valence-corrected chi connectivity index (χ4v) is 4.24. The van der Waals surface area contributed by atoms with E-state index in [2.05, 4.69) is 0 Å². The monoisotopic (exact) mass is 483 g/mol. The third kappa shape index (κ3) is 6.09. The van der Waals surface area contributed by atoms with Gasteiger partial charge < -0.3 is 9.47 Å². The fraction of sp³-hybridized carbons (Fsp3) is 0.250. The molecule has 0 unspecified atom stereocenters. The normalized spacial score (nSPS) is 14.4. The minimum Gasteiger partial charge on any atom is -0.452 e. The quantitative estimate of drug-likeness (QED) is 0.455. The molecule has 2 amide bonds. The van der Waals surface area contributed by atoms with Gasteiger partial charge in [0, 0.05) is 18.7 Å². The van der Waals surface area contributed by atoms with Gasteiger partial charge in [-0.15, -0.1) is 0 Å². The number of hydrogen-bond donors (Lipinski definition) is 2. The van der Waals surface area contributed by atoms with Gasteiger partial charge in [-0.05, 0) is 42.5 Å². The van der Waals surface area contributed by atoms with Gasteiger partial charge in [-0.3, -0.25) is 20.4 Å². The molecule has 0 aliphatic carbocycles. The summed E-state index contributed by atoms with van der Waals surface area (Å²) in [5, 5.41) is 0. The molecule has 0 atom stereocenters. The molecule has 0 bridgehead atoms. The van der Waals surface area contributed by atoms with Crippen LogP contribution >= 0.6 is 0 Å². The lowest BCUT2D eigenvalue weighted by Gasteiger charge is -2.26. The van der Waals surface area contributed by atoms with Crippen LogP contribution in [0.1, 0.15) is 20.7 Å². The standard InChI is InChI=1S/C20H19F2N3O7S/c21-14-3-1-13(2-4-14)19(27)24-23-18(26)12-32-20(28)16-11-15(5-6-17(16)22)33(29,30)25-7-9-31-10-8-25/h1-6,11H,7-10,12H2,(H,23,26)(H,24,27). The molecule has 176 valence electrons. The number of carbonyl (C=O) groups excluding carboxylic acids is 3. The van der Waals surface area contributed by atoms with Crippen LogP contribution in [0.25, 0.3) is 0 Å². The Labute approximate surface area is 187 Å². The molecule has 1 saturated heterocycles. The summed E-state index contributed by atoms with van der Waals surface area (Å²) < 4.78 is 63.4. The summed E-state index contributed by atoms with van der Waals surface area (Å²) in [5.74, 6) is -4.55. The predicted molar refractivity (Wildman–Crippen MR) is 108 cm³/mol. The number of rotatable bonds is 6. The molecule has 0 radical (unpaired) electrons. The van der Waals surface area contributed by atoms with Crippen molar-refractivity contribution in [3.05, 3.63) is 65.2 Å². The van der Waals surface area contributed by atoms with Gasteiger partial charge in [-0.25, -0.2) is 22.0 Å². The molecule has 13 heteroatoms. The summed E-state index contributed by atoms with van der Waals surface area (Å²) in [5.41, 5.74) is 3.41. The summed E-state index contributed by atoms with van der Waals surface area (Å²) in [6.07, 6.45) is 0. The third-order valence-electron chi connectivity index (χ3n) is 4.52. The Kier molecular flexibility index (Phi) is 7.68. The molecule has 2 aromatic rings. The Morgan fingerprint density at radius 2 is 1.67 bits per heavy atom. The minimum absolute atomic E-state index is 0.0639. The van der Waals surface area contributed by atoms with Crippen molar-refractivity contribution in [2.75, 3.05) is 32.9 Å². The van der Waals surface area contributed by atoms with Gasteiger partial charge in [0.15, 0.2) is 6.61 Å². The molecule has 0 saturated carbocycles. The van der Waals surface area contributed by atoms with Crippen LogP contribution in [0.2, 0.25) is 0 Å². The number of amides is 2. The Balaban J connectivity index is 1.58. The number of ether oxygens (including phenoxy) is 2. The van der Waals surface area contributed by atoms with E-state index in [9.17, 15) is 31.6 Å². The van der Waals surface area contributed by atoms with E-state index in [0.29, 0.717) is 0 Å². The first-order valence-corrected chi connectivity index (χ1v) is 11.0. The van der Waals surface area contributed by atoms with Gasteiger partial charge in [-0.2, -0.15) is 4.31 Å². The predicted octanol–water partition coefficient (Wildman–Crippen LogP) is 0.604. The smallest absolute Gasteiger partial charge is 0.341 e. The highest BCUT2D eigenvalue weighted by Gasteiger charge is 2.28. The van der Waals surface area contributed by atoms with Gasteiger partial charge in [0.2, 0.25) is 10.0 Å². The van der Waals surface area contributed by atoms with E-state index in [1.165, 1.54) is 12.1 Å². The largest absolute Gasteiger partial charge is 0.452 e. The highest BCUT2D eigenvalue weighted by Crippen LogP contribution is 2.21. The lowest BCUT2D eigenvalue weighted by molar-refractivity contribution is -0.125. The van der Waals surface area contributed by atoms with Gasteiger partial charge >= 0.3 is 5.97 Å². The van der Waals surface area contributed by atoms with Gasteiger partial charge in [0.25, 0.3) is 11.8 Å². The lowest BCUT2D eigenvalue weighted by atomic mass is 10.2. The summed E-state index contributed by atoms with van der Waals surface area (Å²) >= 11 is 0. The maximum absolute atomic E-state index is 14.1. The number of sulfonamides is 1. The summed E-state index contributed by atoms with van der Waals surface area (Å²) in [6, 6.07) is 7.16. The number of hydrogen-bond acceptors (Lipinski definition) is 7. The first-order valence-electron chi connectivity index (χ1n) is 9.58. The molecular formula is C20H19F2N3O7S. The van der Waals surface area contributed by atoms with Crippen molar-refractivity contribution in [1.29, 1.82) is 0 Å². The van der Waals surface area contributed by atoms with Crippen molar-refractivity contribution in [3.63, 3.8) is 0 Å². The Bertz CT molecular complexity index is 1150. The van der Waals surface area contributed by atoms with Crippen molar-refractivity contribution < 1.29 is 41.1 Å². The second kappa shape index (κ2) is 10.5. The summed E-state index contributed by atoms with van der Waals surface area (Å²) in [4.78, 5) is 35.6. The molecule has 3 rings (SSSR count). The van der Waals surface area contributed by atoms with Crippen LogP contribution < -0.4 is 10.9 Å². The zero-order chi connectivity index (χ0) is 24.0. The second-order valence-corrected chi connectivity index (χ2v) is 8.68. The van der Waals surface area contributed by atoms with Crippen molar-refractivity contribution in [2.24, 2.45) is 0 Å². The molecule has 0 aromatic heterocycles. The maximum atomic E-state index is 14.1. The Morgan fingerprint density at radius 1 is 1.00 bits per heavy atom. The van der Waals surface area contributed by atoms with Crippen molar-refractivity contribution in [3.8, 4) is 0 Å². The van der Waals surface area contributed by atoms with Crippen LogP contribution in [0.4, 0.5) is 8.78 Å². The van der Waals surface area contributed by atoms with Crippen LogP contribution in [0, 0.1) is 11.6 Å². The van der Waals surface area contributed by atoms with Crippen LogP contribution in [0.3, 0.4) is 0 Å². The molecule has 1 fully saturated rings. The van der Waals surface area contributed by atoms with E-state index in [-0.39, 0.29) is 36.8 Å². The van der Waals surface area contributed by atoms with E-state index >= 15 is 0 Å². The molecular weight excluding hydrogens is 464 g/mol. The number of carbonyl (C=O) groups is 3. The van der Waals surface area contributed by atoms with Gasteiger partial charge in [0.1, 0.15) is 11.6 Å². The van der Waals surface area contributed by atoms with Crippen LogP contribution in [-0.4, -0.2) is 63.4 Å². The number of benzene rings is 2. The Morgan fingerprint density at radius 3 is 2.33 bits per heavy atom. The molecule has 2 aromatic carbocycles. The second-order valence-electron chi connectivity index (χ2n) is 6.74. The Hall–Kier alpha value is -3.42. The van der Waals surface area contributed by atoms with E-state index in [4.69, 9.17) is 9.47 Å². The first kappa shape index (κ1) is 24.2. The summed E-state index contributed by atoms with van der Waals surface area (Å²) in [6.45, 7) is -0.237. The van der Waals surface area contributed by atoms with Gasteiger partial charge in [0.05, 0.1) is 23.7 Å². The maximum Gasteiger partial charge on any atom is 0.341 e. The third-order valence-corrected chi connectivity index (χ3v) is 6.42. The van der Waals surface area contributed by atoms with Crippen LogP contribution in [0.15, 0.2) is 47.4 Å². The average Bonchev–Trinajstić information content (AvgIpc) is 2.82. The number of nitrogens with zero attached hydrogens (tertiary/aromatic N) is 1. The van der Waals surface area contributed by atoms with Crippen molar-refractivity contribution >= 4 is 27.8 Å². The van der Waals surface area contributed by atoms with E-state index in [1.54, 1.807) is 0 Å². The zero-order valence-corrected chi connectivity index (χ0v) is 17.9. The van der Waals surface area contributed by atoms with Crippen molar-refractivity contribution in [1.82, 2.24) is 15.2 Å². The molecule has 1 heterocycles. The average molecular weight is 483 g/mol. The van der Waals surface area contributed by atoms with E-state index < -0.39 is 51.6 Å². The first-order chi connectivity index (χ1) is 15.7. The number of halogens is 2. The highest BCUT2D eigenvalue weighted by atomic mass is 32.2. The van der Waals surface area contributed by atoms with Crippen molar-refractivity contribution in [2.45, 2.75) is 4.90 Å². The van der Waals surface area contributed by atoms with E-state index in [1.807, 2.05) is 10.9 Å². The number of nitrogens with one attached hydrogen (secondary N) is 2. The lowest BCUT2D eigenvalue weighted by Crippen LogP contribution is -2.43. The molecule has 2 N–H and O–H groups in total. The molecule has 33 heavy (non-hydrogen) atoms. The number of esters is 1. The fourth-order valence-electron chi connectivity index (χ4n) is 2.80. The minimum atomic E-state index is -3.98. The molecule has 1 aliphatic rings. The molecule has 0 spiro atoms. The molecule has 10 nitrogen and oxygen atoms in total. The van der Waals surface area contributed by atoms with E-state index in [0.717, 1.165) is 34.6 Å². The number of morpholine rings is 1. The topological polar surface area (TPSA) is 131 Å². The molecule has 1 aliphatic heterocycles.